The number of rotatable bonds is 8. The van der Waals surface area contributed by atoms with Crippen LogP contribution >= 0.6 is 15.9 Å². The molecule has 0 saturated heterocycles. The maximum absolute atomic E-state index is 11.2. The van der Waals surface area contributed by atoms with E-state index in [0.29, 0.717) is 19.6 Å². The largest absolute Gasteiger partial charge is 0.493 e. The van der Waals surface area contributed by atoms with Crippen molar-refractivity contribution in [2.45, 2.75) is 39.2 Å². The van der Waals surface area contributed by atoms with Crippen molar-refractivity contribution in [2.75, 3.05) is 13.2 Å². The molecule has 5 heteroatoms. The number of esters is 1. The van der Waals surface area contributed by atoms with Crippen LogP contribution in [-0.4, -0.2) is 19.2 Å². The van der Waals surface area contributed by atoms with Gasteiger partial charge in [0, 0.05) is 12.5 Å². The third-order valence-electron chi connectivity index (χ3n) is 2.89. The van der Waals surface area contributed by atoms with Gasteiger partial charge in [-0.05, 0) is 60.3 Å². The van der Waals surface area contributed by atoms with Gasteiger partial charge in [-0.25, -0.2) is 0 Å². The van der Waals surface area contributed by atoms with Gasteiger partial charge >= 0.3 is 5.97 Å². The van der Waals surface area contributed by atoms with E-state index in [2.05, 4.69) is 15.9 Å². The number of halogens is 1. The third kappa shape index (κ3) is 5.51. The van der Waals surface area contributed by atoms with Gasteiger partial charge < -0.3 is 15.2 Å². The Labute approximate surface area is 128 Å². The van der Waals surface area contributed by atoms with E-state index in [1.165, 1.54) is 0 Å². The number of carbonyl (C=O) groups excluding carboxylic acids is 1. The van der Waals surface area contributed by atoms with Crippen LogP contribution in [-0.2, 0) is 9.53 Å². The van der Waals surface area contributed by atoms with E-state index in [-0.39, 0.29) is 12.0 Å². The molecule has 0 radical (unpaired) electrons. The van der Waals surface area contributed by atoms with Gasteiger partial charge in [-0.3, -0.25) is 4.79 Å². The summed E-state index contributed by atoms with van der Waals surface area (Å²) < 4.78 is 11.2. The van der Waals surface area contributed by atoms with Crippen molar-refractivity contribution in [2.24, 2.45) is 5.73 Å². The second-order valence-electron chi connectivity index (χ2n) is 4.43. The molecule has 1 aromatic rings. The standard InChI is InChI=1S/C15H22BrNO3/c1-3-19-14-9-8-11(10-12(14)16)13(17)6-5-7-15(18)20-4-2/h8-10,13H,3-7,17H2,1-2H3. The first-order valence-corrected chi connectivity index (χ1v) is 7.71. The normalized spacial score (nSPS) is 12.0. The van der Waals surface area contributed by atoms with Crippen molar-refractivity contribution in [1.82, 2.24) is 0 Å². The zero-order valence-corrected chi connectivity index (χ0v) is 13.6. The molecule has 112 valence electrons. The van der Waals surface area contributed by atoms with Crippen LogP contribution in [0.4, 0.5) is 0 Å². The summed E-state index contributed by atoms with van der Waals surface area (Å²) in [4.78, 5) is 11.2. The minimum Gasteiger partial charge on any atom is -0.493 e. The van der Waals surface area contributed by atoms with Crippen molar-refractivity contribution in [3.8, 4) is 5.75 Å². The van der Waals surface area contributed by atoms with Crippen molar-refractivity contribution < 1.29 is 14.3 Å². The Morgan fingerprint density at radius 2 is 2.10 bits per heavy atom. The summed E-state index contributed by atoms with van der Waals surface area (Å²) in [7, 11) is 0. The lowest BCUT2D eigenvalue weighted by Gasteiger charge is -2.14. The molecule has 0 heterocycles. The van der Waals surface area contributed by atoms with E-state index in [9.17, 15) is 4.79 Å². The fourth-order valence-corrected chi connectivity index (χ4v) is 2.40. The van der Waals surface area contributed by atoms with E-state index in [1.807, 2.05) is 25.1 Å². The number of carbonyl (C=O) groups is 1. The molecule has 0 aliphatic heterocycles. The average molecular weight is 344 g/mol. The van der Waals surface area contributed by atoms with E-state index < -0.39 is 0 Å². The SMILES string of the molecule is CCOC(=O)CCCC(N)c1ccc(OCC)c(Br)c1. The molecule has 20 heavy (non-hydrogen) atoms. The molecule has 1 rings (SSSR count). The average Bonchev–Trinajstić information content (AvgIpc) is 2.41. The second kappa shape index (κ2) is 8.97. The predicted octanol–water partition coefficient (Wildman–Crippen LogP) is 3.58. The van der Waals surface area contributed by atoms with E-state index in [0.717, 1.165) is 28.6 Å². The topological polar surface area (TPSA) is 61.5 Å². The minimum absolute atomic E-state index is 0.0867. The lowest BCUT2D eigenvalue weighted by molar-refractivity contribution is -0.143. The number of hydrogen-bond acceptors (Lipinski definition) is 4. The Kier molecular flexibility index (Phi) is 7.62. The van der Waals surface area contributed by atoms with Crippen LogP contribution < -0.4 is 10.5 Å². The molecule has 0 bridgehead atoms. The summed E-state index contributed by atoms with van der Waals surface area (Å²) in [6.07, 6.45) is 1.89. The Hall–Kier alpha value is -1.07. The third-order valence-corrected chi connectivity index (χ3v) is 3.50. The zero-order valence-electron chi connectivity index (χ0n) is 12.0. The van der Waals surface area contributed by atoms with Crippen molar-refractivity contribution in [3.05, 3.63) is 28.2 Å². The van der Waals surface area contributed by atoms with Gasteiger partial charge in [0.25, 0.3) is 0 Å². The maximum atomic E-state index is 11.2. The summed E-state index contributed by atoms with van der Waals surface area (Å²) in [5, 5.41) is 0. The summed E-state index contributed by atoms with van der Waals surface area (Å²) >= 11 is 3.47. The van der Waals surface area contributed by atoms with Crippen molar-refractivity contribution in [3.63, 3.8) is 0 Å². The van der Waals surface area contributed by atoms with Gasteiger partial charge in [0.1, 0.15) is 5.75 Å². The molecule has 0 spiro atoms. The lowest BCUT2D eigenvalue weighted by Crippen LogP contribution is -2.12. The van der Waals surface area contributed by atoms with E-state index >= 15 is 0 Å². The van der Waals surface area contributed by atoms with Crippen molar-refractivity contribution >= 4 is 21.9 Å². The van der Waals surface area contributed by atoms with Gasteiger partial charge in [-0.15, -0.1) is 0 Å². The van der Waals surface area contributed by atoms with Crippen LogP contribution in [0.2, 0.25) is 0 Å². The molecule has 4 nitrogen and oxygen atoms in total. The zero-order chi connectivity index (χ0) is 15.0. The van der Waals surface area contributed by atoms with Crippen LogP contribution in [0.15, 0.2) is 22.7 Å². The first kappa shape index (κ1) is 17.0. The Morgan fingerprint density at radius 1 is 1.35 bits per heavy atom. The van der Waals surface area contributed by atoms with Gasteiger partial charge in [0.2, 0.25) is 0 Å². The van der Waals surface area contributed by atoms with Gasteiger partial charge in [-0.1, -0.05) is 6.07 Å². The molecular weight excluding hydrogens is 322 g/mol. The predicted molar refractivity (Wildman–Crippen MR) is 82.7 cm³/mol. The van der Waals surface area contributed by atoms with Crippen LogP contribution in [0.1, 0.15) is 44.7 Å². The highest BCUT2D eigenvalue weighted by molar-refractivity contribution is 9.10. The van der Waals surface area contributed by atoms with Crippen LogP contribution in [0.3, 0.4) is 0 Å². The number of hydrogen-bond donors (Lipinski definition) is 1. The molecule has 2 N–H and O–H groups in total. The Balaban J connectivity index is 2.49. The first-order chi connectivity index (χ1) is 9.58. The molecule has 0 amide bonds. The summed E-state index contributed by atoms with van der Waals surface area (Å²) in [6, 6.07) is 5.76. The van der Waals surface area contributed by atoms with Gasteiger partial charge in [-0.2, -0.15) is 0 Å². The molecule has 1 unspecified atom stereocenters. The monoisotopic (exact) mass is 343 g/mol. The van der Waals surface area contributed by atoms with Gasteiger partial charge in [0.05, 0.1) is 17.7 Å². The fourth-order valence-electron chi connectivity index (χ4n) is 1.89. The van der Waals surface area contributed by atoms with Crippen LogP contribution in [0.5, 0.6) is 5.75 Å². The highest BCUT2D eigenvalue weighted by Crippen LogP contribution is 2.29. The number of benzene rings is 1. The number of nitrogens with two attached hydrogens (primary N) is 1. The molecule has 0 saturated carbocycles. The highest BCUT2D eigenvalue weighted by Gasteiger charge is 2.10. The highest BCUT2D eigenvalue weighted by atomic mass is 79.9. The molecule has 1 aromatic carbocycles. The van der Waals surface area contributed by atoms with E-state index in [4.69, 9.17) is 15.2 Å². The summed E-state index contributed by atoms with van der Waals surface area (Å²) in [5.74, 6) is 0.655. The Bertz CT molecular complexity index is 437. The number of ether oxygens (including phenoxy) is 2. The van der Waals surface area contributed by atoms with E-state index in [1.54, 1.807) is 6.92 Å². The summed E-state index contributed by atoms with van der Waals surface area (Å²) in [5.41, 5.74) is 7.17. The lowest BCUT2D eigenvalue weighted by atomic mass is 10.0. The maximum Gasteiger partial charge on any atom is 0.305 e. The summed E-state index contributed by atoms with van der Waals surface area (Å²) in [6.45, 7) is 4.81. The van der Waals surface area contributed by atoms with Crippen LogP contribution in [0.25, 0.3) is 0 Å². The first-order valence-electron chi connectivity index (χ1n) is 6.91. The van der Waals surface area contributed by atoms with Gasteiger partial charge in [0.15, 0.2) is 0 Å². The quantitative estimate of drug-likeness (QED) is 0.732. The van der Waals surface area contributed by atoms with Crippen LogP contribution in [0, 0.1) is 0 Å². The molecule has 0 aromatic heterocycles. The molecular formula is C15H22BrNO3. The molecule has 0 fully saturated rings. The van der Waals surface area contributed by atoms with Crippen molar-refractivity contribution in [1.29, 1.82) is 0 Å². The minimum atomic E-state index is -0.160. The fraction of sp³-hybridized carbons (Fsp3) is 0.533. The Morgan fingerprint density at radius 3 is 2.70 bits per heavy atom. The molecule has 1 atom stereocenters. The second-order valence-corrected chi connectivity index (χ2v) is 5.28. The smallest absolute Gasteiger partial charge is 0.305 e. The molecule has 0 aliphatic carbocycles. The molecule has 0 aliphatic rings.